The van der Waals surface area contributed by atoms with E-state index in [1.165, 1.54) is 40.1 Å². The Balaban J connectivity index is 1.04. The van der Waals surface area contributed by atoms with Gasteiger partial charge in [-0.3, -0.25) is 34.7 Å². The molecule has 1 aromatic heterocycles. The van der Waals surface area contributed by atoms with E-state index in [1.54, 1.807) is 38.1 Å². The quantitative estimate of drug-likeness (QED) is 0.0298. The number of hydrazine groups is 1. The molecule has 0 radical (unpaired) electrons. The molecule has 6 rings (SSSR count). The van der Waals surface area contributed by atoms with Crippen molar-refractivity contribution in [2.24, 2.45) is 5.92 Å². The number of aromatic nitrogens is 1. The molecule has 0 aliphatic carbocycles. The van der Waals surface area contributed by atoms with Crippen molar-refractivity contribution < 1.29 is 67.5 Å². The van der Waals surface area contributed by atoms with Crippen molar-refractivity contribution in [3.05, 3.63) is 82.5 Å². The standard InChI is InChI=1S/C54H74ClN9O14/c1-31-14-13-17-41(75-10)54(73)29-40(76-52(72)60-54)32(2)48-53(4,78-48)42(28-45(67)63(8)38-25-34(24-31)26-39(74-9)46(38)55)77-51(71)33(3)62(7)44(66)18-20-58-49(69)47(68)50(70)59-22-21-57-43(65)19-23-64-36(30-61(6)56-5)27-35-15-11-12-16-37(35)64/h11-17,25-27,32-33,40-42,47-48,56,68,73H,18-24,28-30H2,1-10H3,(H,57,65)(H,58,69)(H,59,70)(H,60,72)/b17-13+,31-14+/t32-,33+,40+,41-,42+,47?,48+,53-,54+/m1/s1. The predicted octanol–water partition coefficient (Wildman–Crippen LogP) is 2.23. The number of aryl methyl sites for hydroxylation is 1. The molecule has 0 saturated carbocycles. The molecule has 4 bridgehead atoms. The summed E-state index contributed by atoms with van der Waals surface area (Å²) in [6, 6.07) is 12.2. The van der Waals surface area contributed by atoms with Crippen LogP contribution < -0.4 is 36.3 Å². The molecule has 3 aliphatic heterocycles. The summed E-state index contributed by atoms with van der Waals surface area (Å²) >= 11 is 6.80. The number of aliphatic hydroxyl groups excluding tert-OH is 1. The van der Waals surface area contributed by atoms with Crippen LogP contribution in [0.4, 0.5) is 10.5 Å². The fraction of sp³-hybridized carbons (Fsp3) is 0.537. The SMILES string of the molecule is CNN(C)Cc1cc2ccccc2n1CCC(=O)NCCNC(=O)C(O)C(=O)NCCC(=O)N(C)[C@@H](C)C(=O)O[C@H]1CC(=O)N(C)c2cc(cc(OC)c2Cl)C/C(C)=C/C=C/[C@@H](OC)[C@@]2(O)C[C@H](OC(=O)N2)[C@@H](C)[C@@H]2O[C@]12C. The second-order valence-corrected chi connectivity index (χ2v) is 20.5. The number of hydrogen-bond acceptors (Lipinski definition) is 16. The molecule has 9 atom stereocenters. The number of alkyl carbamates (subject to hydrolysis) is 1. The highest BCUT2D eigenvalue weighted by Crippen LogP contribution is 2.49. The Hall–Kier alpha value is -6.60. The van der Waals surface area contributed by atoms with Crippen LogP contribution in [0.2, 0.25) is 5.02 Å². The number of aliphatic hydroxyl groups is 2. The fourth-order valence-electron chi connectivity index (χ4n) is 9.67. The number of likely N-dealkylation sites (N-methyl/N-ethyl adjacent to an activating group) is 1. The third-order valence-electron chi connectivity index (χ3n) is 14.6. The molecule has 426 valence electrons. The van der Waals surface area contributed by atoms with Gasteiger partial charge in [0.1, 0.15) is 40.7 Å². The van der Waals surface area contributed by atoms with Crippen LogP contribution in [0.15, 0.2) is 66.3 Å². The molecule has 24 heteroatoms. The maximum atomic E-state index is 14.3. The van der Waals surface area contributed by atoms with Gasteiger partial charge in [0.25, 0.3) is 11.8 Å². The monoisotopic (exact) mass is 1110 g/mol. The Morgan fingerprint density at radius 1 is 1.01 bits per heavy atom. The summed E-state index contributed by atoms with van der Waals surface area (Å²) in [6.07, 6.45) is -2.20. The lowest BCUT2D eigenvalue weighted by Crippen LogP contribution is -2.63. The second-order valence-electron chi connectivity index (χ2n) is 20.2. The lowest BCUT2D eigenvalue weighted by Gasteiger charge is -2.42. The summed E-state index contributed by atoms with van der Waals surface area (Å²) in [5.41, 5.74) is 3.79. The largest absolute Gasteiger partial charge is 0.495 e. The molecule has 6 amide bonds. The number of ether oxygens (including phenoxy) is 5. The molecule has 3 aromatic rings. The van der Waals surface area contributed by atoms with Crippen LogP contribution in [0.3, 0.4) is 0 Å². The van der Waals surface area contributed by atoms with Gasteiger partial charge < -0.3 is 64.2 Å². The molecule has 0 spiro atoms. The van der Waals surface area contributed by atoms with E-state index < -0.39 is 95.9 Å². The number of hydrogen-bond donors (Lipinski definition) is 7. The van der Waals surface area contributed by atoms with Gasteiger partial charge in [0.2, 0.25) is 23.8 Å². The molecule has 2 fully saturated rings. The van der Waals surface area contributed by atoms with Crippen LogP contribution in [0.5, 0.6) is 5.75 Å². The highest BCUT2D eigenvalue weighted by atomic mass is 35.5. The van der Waals surface area contributed by atoms with E-state index in [0.717, 1.165) is 32.6 Å². The zero-order valence-electron chi connectivity index (χ0n) is 45.8. The van der Waals surface area contributed by atoms with Gasteiger partial charge in [-0.15, -0.1) is 0 Å². The zero-order chi connectivity index (χ0) is 57.2. The second kappa shape index (κ2) is 26.4. The van der Waals surface area contributed by atoms with Gasteiger partial charge in [-0.2, -0.15) is 0 Å². The number of allylic oxidation sites excluding steroid dienone is 3. The minimum absolute atomic E-state index is 0.0354. The maximum absolute atomic E-state index is 14.3. The number of nitrogens with zero attached hydrogens (tertiary/aromatic N) is 4. The first kappa shape index (κ1) is 60.6. The molecule has 4 heterocycles. The Bertz CT molecular complexity index is 2770. The normalized spacial score (nSPS) is 25.3. The molecule has 1 unspecified atom stereocenters. The van der Waals surface area contributed by atoms with Crippen molar-refractivity contribution in [1.82, 2.24) is 41.2 Å². The number of epoxide rings is 1. The molecule has 7 N–H and O–H groups in total. The molecule has 2 aromatic carbocycles. The molecule has 78 heavy (non-hydrogen) atoms. The van der Waals surface area contributed by atoms with E-state index in [-0.39, 0.29) is 49.8 Å². The number of esters is 1. The number of halogens is 1. The summed E-state index contributed by atoms with van der Waals surface area (Å²) in [7, 11) is 9.46. The zero-order valence-corrected chi connectivity index (χ0v) is 46.6. The van der Waals surface area contributed by atoms with Gasteiger partial charge in [0.15, 0.2) is 5.72 Å². The topological polar surface area (TPSA) is 284 Å². The third-order valence-corrected chi connectivity index (χ3v) is 15.0. The fourth-order valence-corrected chi connectivity index (χ4v) is 9.99. The smallest absolute Gasteiger partial charge is 0.409 e. The van der Waals surface area contributed by atoms with Gasteiger partial charge in [0, 0.05) is 90.8 Å². The van der Waals surface area contributed by atoms with Crippen molar-refractivity contribution in [3.63, 3.8) is 0 Å². The van der Waals surface area contributed by atoms with E-state index in [0.29, 0.717) is 30.9 Å². The van der Waals surface area contributed by atoms with Crippen LogP contribution in [-0.4, -0.2) is 176 Å². The maximum Gasteiger partial charge on any atom is 0.409 e. The number of carbonyl (C=O) groups excluding carboxylic acids is 7. The average molecular weight is 1110 g/mol. The van der Waals surface area contributed by atoms with Gasteiger partial charge in [0.05, 0.1) is 31.9 Å². The lowest BCUT2D eigenvalue weighted by atomic mass is 9.83. The van der Waals surface area contributed by atoms with E-state index in [4.69, 9.17) is 35.3 Å². The van der Waals surface area contributed by atoms with Crippen LogP contribution >= 0.6 is 11.6 Å². The van der Waals surface area contributed by atoms with Crippen molar-refractivity contribution in [1.29, 1.82) is 0 Å². The molecule has 2 saturated heterocycles. The Kier molecular flexibility index (Phi) is 20.5. The van der Waals surface area contributed by atoms with E-state index in [2.05, 4.69) is 37.3 Å². The number of anilines is 1. The Morgan fingerprint density at radius 2 is 1.71 bits per heavy atom. The lowest BCUT2D eigenvalue weighted by molar-refractivity contribution is -0.162. The summed E-state index contributed by atoms with van der Waals surface area (Å²) in [5.74, 6) is -4.71. The predicted molar refractivity (Wildman–Crippen MR) is 288 cm³/mol. The van der Waals surface area contributed by atoms with Gasteiger partial charge >= 0.3 is 12.1 Å². The minimum Gasteiger partial charge on any atom is -0.495 e. The number of methoxy groups -OCH3 is 2. The van der Waals surface area contributed by atoms with Crippen LogP contribution in [0, 0.1) is 5.92 Å². The third kappa shape index (κ3) is 14.5. The van der Waals surface area contributed by atoms with E-state index in [9.17, 15) is 43.8 Å². The first-order valence-corrected chi connectivity index (χ1v) is 26.1. The van der Waals surface area contributed by atoms with Crippen molar-refractivity contribution >= 4 is 69.8 Å². The molecule has 23 nitrogen and oxygen atoms in total. The number of benzene rings is 2. The van der Waals surface area contributed by atoms with Gasteiger partial charge in [-0.05, 0) is 69.5 Å². The number of amides is 6. The highest BCUT2D eigenvalue weighted by molar-refractivity contribution is 6.35. The van der Waals surface area contributed by atoms with Gasteiger partial charge in [-0.1, -0.05) is 60.5 Å². The highest BCUT2D eigenvalue weighted by Gasteiger charge is 2.64. The minimum atomic E-state index is -2.12. The number of carbonyl (C=O) groups is 7. The van der Waals surface area contributed by atoms with Crippen LogP contribution in [0.1, 0.15) is 64.6 Å². The van der Waals surface area contributed by atoms with E-state index in [1.807, 2.05) is 56.4 Å². The summed E-state index contributed by atoms with van der Waals surface area (Å²) < 4.78 is 31.4. The first-order valence-electron chi connectivity index (χ1n) is 25.8. The first-order chi connectivity index (χ1) is 36.9. The Morgan fingerprint density at radius 3 is 2.40 bits per heavy atom. The van der Waals surface area contributed by atoms with Crippen LogP contribution in [0.25, 0.3) is 10.9 Å². The van der Waals surface area contributed by atoms with Crippen molar-refractivity contribution in [2.45, 2.75) is 121 Å². The number of fused-ring (bicyclic) bond motifs is 6. The Labute approximate surface area is 458 Å². The molecule has 3 aliphatic rings. The van der Waals surface area contributed by atoms with E-state index >= 15 is 0 Å². The summed E-state index contributed by atoms with van der Waals surface area (Å²) in [4.78, 5) is 95.4. The van der Waals surface area contributed by atoms with Gasteiger partial charge in [-0.25, -0.2) is 14.6 Å². The summed E-state index contributed by atoms with van der Waals surface area (Å²) in [6.45, 7) is 7.36. The molecular weight excluding hydrogens is 1030 g/mol. The van der Waals surface area contributed by atoms with Crippen molar-refractivity contribution in [3.8, 4) is 5.75 Å². The number of para-hydroxylation sites is 1. The van der Waals surface area contributed by atoms with Crippen LogP contribution in [-0.2, 0) is 67.2 Å². The summed E-state index contributed by atoms with van der Waals surface area (Å²) in [5, 5.41) is 35.4. The molecular formula is C54H74ClN9O14. The number of nitrogens with one attached hydrogen (secondary N) is 5. The number of rotatable bonds is 19. The van der Waals surface area contributed by atoms with Crippen molar-refractivity contribution in [2.75, 3.05) is 66.9 Å². The average Bonchev–Trinajstić information content (AvgIpc) is 4.17.